The molecule has 0 aromatic heterocycles. The van der Waals surface area contributed by atoms with Gasteiger partial charge in [0.25, 0.3) is 0 Å². The molecule has 3 N–H and O–H groups in total. The van der Waals surface area contributed by atoms with Crippen LogP contribution in [-0.2, 0) is 4.79 Å². The number of carbonyl (C=O) groups is 1. The summed E-state index contributed by atoms with van der Waals surface area (Å²) < 4.78 is 0. The van der Waals surface area contributed by atoms with Crippen molar-refractivity contribution in [1.29, 1.82) is 0 Å². The third kappa shape index (κ3) is 3.14. The predicted octanol–water partition coefficient (Wildman–Crippen LogP) is 4.48. The van der Waals surface area contributed by atoms with Gasteiger partial charge in [-0.1, -0.05) is 20.8 Å². The molecule has 0 aliphatic heterocycles. The van der Waals surface area contributed by atoms with Crippen molar-refractivity contribution in [3.05, 3.63) is 0 Å². The van der Waals surface area contributed by atoms with Gasteiger partial charge in [-0.25, -0.2) is 0 Å². The Hall–Kier alpha value is -0.610. The zero-order valence-corrected chi connectivity index (χ0v) is 17.9. The van der Waals surface area contributed by atoms with E-state index in [4.69, 9.17) is 5.11 Å². The predicted molar refractivity (Wildman–Crippen MR) is 109 cm³/mol. The Kier molecular flexibility index (Phi) is 5.36. The summed E-state index contributed by atoms with van der Waals surface area (Å²) in [6.45, 7) is 7.16. The van der Waals surface area contributed by atoms with E-state index in [1.54, 1.807) is 0 Å². The summed E-state index contributed by atoms with van der Waals surface area (Å²) in [5.41, 5.74) is 0.523. The zero-order chi connectivity index (χ0) is 20.3. The fraction of sp³-hybridized carbons (Fsp3) is 0.958. The van der Waals surface area contributed by atoms with Crippen molar-refractivity contribution in [2.75, 3.05) is 0 Å². The van der Waals surface area contributed by atoms with Gasteiger partial charge in [0, 0.05) is 6.42 Å². The highest BCUT2D eigenvalue weighted by molar-refractivity contribution is 5.66. The minimum absolute atomic E-state index is 0.179. The van der Waals surface area contributed by atoms with Crippen molar-refractivity contribution in [3.63, 3.8) is 0 Å². The summed E-state index contributed by atoms with van der Waals surface area (Å²) in [5, 5.41) is 30.5. The third-order valence-corrected chi connectivity index (χ3v) is 10.2. The van der Waals surface area contributed by atoms with Crippen molar-refractivity contribution in [1.82, 2.24) is 0 Å². The van der Waals surface area contributed by atoms with E-state index in [1.807, 2.05) is 0 Å². The van der Waals surface area contributed by atoms with Crippen LogP contribution < -0.4 is 0 Å². The molecule has 28 heavy (non-hydrogen) atoms. The van der Waals surface area contributed by atoms with Crippen LogP contribution in [0.5, 0.6) is 0 Å². The number of fused-ring (bicyclic) bond motifs is 5. The molecule has 4 heteroatoms. The lowest BCUT2D eigenvalue weighted by molar-refractivity contribution is -0.174. The summed E-state index contributed by atoms with van der Waals surface area (Å²) in [6.07, 6.45) is 9.19. The largest absolute Gasteiger partial charge is 0.481 e. The quantitative estimate of drug-likeness (QED) is 0.659. The molecule has 4 nitrogen and oxygen atoms in total. The van der Waals surface area contributed by atoms with Crippen LogP contribution in [0.25, 0.3) is 0 Å². The van der Waals surface area contributed by atoms with Crippen molar-refractivity contribution >= 4 is 5.97 Å². The molecule has 0 heterocycles. The number of hydrogen-bond donors (Lipinski definition) is 3. The molecule has 0 spiro atoms. The van der Waals surface area contributed by atoms with Gasteiger partial charge in [-0.05, 0) is 104 Å². The van der Waals surface area contributed by atoms with Crippen LogP contribution >= 0.6 is 0 Å². The molecule has 0 aromatic rings. The number of hydrogen-bond acceptors (Lipinski definition) is 3. The van der Waals surface area contributed by atoms with E-state index in [1.165, 1.54) is 25.7 Å². The van der Waals surface area contributed by atoms with E-state index >= 15 is 0 Å². The fourth-order valence-electron chi connectivity index (χ4n) is 8.73. The first kappa shape index (κ1) is 20.7. The van der Waals surface area contributed by atoms with Crippen LogP contribution in [0.1, 0.15) is 85.0 Å². The summed E-state index contributed by atoms with van der Waals surface area (Å²) in [5.74, 6) is 2.36. The summed E-state index contributed by atoms with van der Waals surface area (Å²) in [4.78, 5) is 11.1. The van der Waals surface area contributed by atoms with Crippen LogP contribution in [0.4, 0.5) is 0 Å². The maximum atomic E-state index is 11.2. The molecular formula is C24H40O4. The van der Waals surface area contributed by atoms with Gasteiger partial charge in [0.2, 0.25) is 0 Å². The maximum Gasteiger partial charge on any atom is 0.303 e. The van der Waals surface area contributed by atoms with E-state index in [0.29, 0.717) is 35.5 Å². The van der Waals surface area contributed by atoms with Gasteiger partial charge in [0.15, 0.2) is 0 Å². The summed E-state index contributed by atoms with van der Waals surface area (Å²) >= 11 is 0. The molecule has 0 radical (unpaired) electrons. The highest BCUT2D eigenvalue weighted by Crippen LogP contribution is 2.68. The Bertz CT molecular complexity index is 605. The average molecular weight is 393 g/mol. The van der Waals surface area contributed by atoms with Gasteiger partial charge in [-0.2, -0.15) is 0 Å². The second-order valence-electron chi connectivity index (χ2n) is 11.4. The topological polar surface area (TPSA) is 77.8 Å². The molecule has 2 unspecified atom stereocenters. The minimum atomic E-state index is -0.684. The molecule has 10 atom stereocenters. The molecule has 4 aliphatic carbocycles. The smallest absolute Gasteiger partial charge is 0.303 e. The number of aliphatic hydroxyl groups is 2. The average Bonchev–Trinajstić information content (AvgIpc) is 2.98. The number of carboxylic acid groups (broad SMARTS) is 1. The maximum absolute atomic E-state index is 11.2. The highest BCUT2D eigenvalue weighted by atomic mass is 16.4. The van der Waals surface area contributed by atoms with Crippen LogP contribution in [0.15, 0.2) is 0 Å². The van der Waals surface area contributed by atoms with Gasteiger partial charge in [0.05, 0.1) is 12.2 Å². The standard InChI is InChI=1S/C24H40O4/c1-14(4-7-21(27)28)17-5-6-18-22-19(9-11-24(17,18)3)23(2)10-8-16(25)12-15(23)13-20(22)26/h14-20,22,25-26H,4-13H2,1-3H3,(H,27,28)/t14-,15?,16-,17-,18+,19+,20-,22+,23+,24?/m1/s1. The second-order valence-corrected chi connectivity index (χ2v) is 11.4. The van der Waals surface area contributed by atoms with Crippen LogP contribution in [0.3, 0.4) is 0 Å². The van der Waals surface area contributed by atoms with E-state index in [-0.39, 0.29) is 29.5 Å². The van der Waals surface area contributed by atoms with Crippen LogP contribution in [-0.4, -0.2) is 33.5 Å². The molecule has 0 aromatic carbocycles. The van der Waals surface area contributed by atoms with E-state index in [0.717, 1.165) is 32.1 Å². The lowest BCUT2D eigenvalue weighted by atomic mass is 9.43. The Morgan fingerprint density at radius 3 is 2.39 bits per heavy atom. The van der Waals surface area contributed by atoms with Crippen molar-refractivity contribution in [3.8, 4) is 0 Å². The Labute approximate surface area is 170 Å². The minimum Gasteiger partial charge on any atom is -0.481 e. The third-order valence-electron chi connectivity index (χ3n) is 10.2. The van der Waals surface area contributed by atoms with Gasteiger partial charge in [-0.3, -0.25) is 4.79 Å². The van der Waals surface area contributed by atoms with E-state index in [2.05, 4.69) is 20.8 Å². The Balaban J connectivity index is 1.55. The van der Waals surface area contributed by atoms with E-state index < -0.39 is 5.97 Å². The van der Waals surface area contributed by atoms with Gasteiger partial charge in [0.1, 0.15) is 0 Å². The first-order valence-corrected chi connectivity index (χ1v) is 11.7. The van der Waals surface area contributed by atoms with Crippen molar-refractivity contribution in [2.24, 2.45) is 46.3 Å². The molecule has 160 valence electrons. The number of aliphatic carboxylic acids is 1. The van der Waals surface area contributed by atoms with Crippen molar-refractivity contribution < 1.29 is 20.1 Å². The zero-order valence-electron chi connectivity index (χ0n) is 17.9. The Morgan fingerprint density at radius 1 is 1.00 bits per heavy atom. The molecule has 4 fully saturated rings. The second kappa shape index (κ2) is 7.27. The molecular weight excluding hydrogens is 352 g/mol. The molecule has 0 saturated heterocycles. The van der Waals surface area contributed by atoms with Crippen molar-refractivity contribution in [2.45, 2.75) is 97.2 Å². The summed E-state index contributed by atoms with van der Waals surface area (Å²) in [7, 11) is 0. The normalized spacial score (nSPS) is 51.7. The van der Waals surface area contributed by atoms with Gasteiger partial charge < -0.3 is 15.3 Å². The SMILES string of the molecule is C[C@H](CCC(=O)O)[C@H]1CC[C@H]2[C@@H]3[C@H](O)CC4C[C@H](O)CC[C@]4(C)[C@H]3CCC12C. The van der Waals surface area contributed by atoms with Crippen LogP contribution in [0.2, 0.25) is 0 Å². The Morgan fingerprint density at radius 2 is 1.68 bits per heavy atom. The lowest BCUT2D eigenvalue weighted by Gasteiger charge is -2.62. The lowest BCUT2D eigenvalue weighted by Crippen LogP contribution is -2.58. The number of aliphatic hydroxyl groups excluding tert-OH is 2. The molecule has 4 aliphatic rings. The fourth-order valence-corrected chi connectivity index (χ4v) is 8.73. The molecule has 4 saturated carbocycles. The highest BCUT2D eigenvalue weighted by Gasteiger charge is 2.62. The number of rotatable bonds is 4. The summed E-state index contributed by atoms with van der Waals surface area (Å²) in [6, 6.07) is 0. The number of carboxylic acids is 1. The first-order chi connectivity index (χ1) is 13.2. The van der Waals surface area contributed by atoms with Gasteiger partial charge in [-0.15, -0.1) is 0 Å². The monoisotopic (exact) mass is 392 g/mol. The van der Waals surface area contributed by atoms with E-state index in [9.17, 15) is 15.0 Å². The molecule has 0 bridgehead atoms. The molecule has 4 rings (SSSR count). The first-order valence-electron chi connectivity index (χ1n) is 11.7. The van der Waals surface area contributed by atoms with Crippen LogP contribution in [0, 0.1) is 46.3 Å². The van der Waals surface area contributed by atoms with Gasteiger partial charge >= 0.3 is 5.97 Å². The molecule has 0 amide bonds.